The third-order valence-electron chi connectivity index (χ3n) is 5.86. The number of aryl methyl sites for hydroxylation is 1. The van der Waals surface area contributed by atoms with Crippen molar-refractivity contribution < 1.29 is 9.53 Å². The van der Waals surface area contributed by atoms with E-state index in [1.54, 1.807) is 0 Å². The van der Waals surface area contributed by atoms with Crippen molar-refractivity contribution >= 4 is 24.0 Å². The summed E-state index contributed by atoms with van der Waals surface area (Å²) in [6.45, 7) is 4.68. The molecule has 4 nitrogen and oxygen atoms in total. The Labute approximate surface area is 167 Å². The van der Waals surface area contributed by atoms with Crippen LogP contribution < -0.4 is 15.4 Å². The number of hydrogen-bond acceptors (Lipinski definition) is 3. The van der Waals surface area contributed by atoms with Crippen LogP contribution in [0.2, 0.25) is 0 Å². The van der Waals surface area contributed by atoms with Gasteiger partial charge in [-0.15, -0.1) is 12.4 Å². The highest BCUT2D eigenvalue weighted by atomic mass is 35.5. The molecule has 2 aliphatic rings. The van der Waals surface area contributed by atoms with E-state index in [1.165, 1.54) is 11.1 Å². The topological polar surface area (TPSA) is 50.4 Å². The van der Waals surface area contributed by atoms with Gasteiger partial charge in [0.05, 0.1) is 0 Å². The molecule has 1 atom stereocenters. The fourth-order valence-electron chi connectivity index (χ4n) is 4.02. The average molecular weight is 387 g/mol. The molecule has 27 heavy (non-hydrogen) atoms. The van der Waals surface area contributed by atoms with Gasteiger partial charge in [-0.3, -0.25) is 4.79 Å². The fourth-order valence-corrected chi connectivity index (χ4v) is 4.02. The van der Waals surface area contributed by atoms with Crippen LogP contribution in [0.5, 0.6) is 5.75 Å². The summed E-state index contributed by atoms with van der Waals surface area (Å²) in [4.78, 5) is 12.6. The average Bonchev–Trinajstić information content (AvgIpc) is 3.35. The van der Waals surface area contributed by atoms with E-state index >= 15 is 0 Å². The molecule has 0 aromatic heterocycles. The van der Waals surface area contributed by atoms with Crippen molar-refractivity contribution in [3.63, 3.8) is 0 Å². The third-order valence-corrected chi connectivity index (χ3v) is 5.86. The number of hydrogen-bond donors (Lipinski definition) is 2. The Balaban J connectivity index is 0.00000210. The second kappa shape index (κ2) is 8.32. The minimum absolute atomic E-state index is 0. The molecule has 4 rings (SSSR count). The molecule has 0 bridgehead atoms. The highest BCUT2D eigenvalue weighted by molar-refractivity contribution is 5.95. The molecule has 2 N–H and O–H groups in total. The van der Waals surface area contributed by atoms with Crippen LogP contribution in [0.15, 0.2) is 48.5 Å². The Morgan fingerprint density at radius 2 is 1.96 bits per heavy atom. The maximum Gasteiger partial charge on any atom is 0.228 e. The number of piperidine rings is 1. The zero-order valence-corrected chi connectivity index (χ0v) is 16.5. The molecule has 2 aromatic carbocycles. The van der Waals surface area contributed by atoms with Crippen LogP contribution in [0.25, 0.3) is 0 Å². The van der Waals surface area contributed by atoms with Gasteiger partial charge < -0.3 is 15.4 Å². The molecule has 144 valence electrons. The second-order valence-electron chi connectivity index (χ2n) is 7.60. The molecule has 2 fully saturated rings. The standard InChI is InChI=1S/C22H26N2O2.ClH/c1-16-5-2-3-6-17(16)15-26-19-8-4-7-18(13-19)24-21(25)20-14-22(20)9-11-23-12-10-22;/h2-8,13,20,23H,9-12,14-15H2,1H3,(H,24,25);1H. The summed E-state index contributed by atoms with van der Waals surface area (Å²) in [6.07, 6.45) is 3.26. The number of rotatable bonds is 5. The molecular formula is C22H27ClN2O2. The Hall–Kier alpha value is -2.04. The highest BCUT2D eigenvalue weighted by Gasteiger charge is 2.57. The van der Waals surface area contributed by atoms with E-state index < -0.39 is 0 Å². The van der Waals surface area contributed by atoms with Gasteiger partial charge in [0.15, 0.2) is 0 Å². The van der Waals surface area contributed by atoms with E-state index in [0.29, 0.717) is 6.61 Å². The van der Waals surface area contributed by atoms with Crippen LogP contribution >= 0.6 is 12.4 Å². The summed E-state index contributed by atoms with van der Waals surface area (Å²) in [5.74, 6) is 1.10. The second-order valence-corrected chi connectivity index (χ2v) is 7.60. The SMILES string of the molecule is Cc1ccccc1COc1cccc(NC(=O)C2CC23CCNCC3)c1.Cl. The summed E-state index contributed by atoms with van der Waals surface area (Å²) >= 11 is 0. The molecule has 1 aliphatic carbocycles. The van der Waals surface area contributed by atoms with Crippen LogP contribution in [0.4, 0.5) is 5.69 Å². The number of benzene rings is 2. The fraction of sp³-hybridized carbons (Fsp3) is 0.409. The van der Waals surface area contributed by atoms with Gasteiger partial charge in [-0.2, -0.15) is 0 Å². The number of halogens is 1. The maximum atomic E-state index is 12.6. The van der Waals surface area contributed by atoms with E-state index in [9.17, 15) is 4.79 Å². The van der Waals surface area contributed by atoms with Crippen molar-refractivity contribution in [2.24, 2.45) is 11.3 Å². The Morgan fingerprint density at radius 1 is 1.19 bits per heavy atom. The van der Waals surface area contributed by atoms with E-state index in [0.717, 1.165) is 43.8 Å². The predicted molar refractivity (Wildman–Crippen MR) is 110 cm³/mol. The van der Waals surface area contributed by atoms with Crippen LogP contribution in [0, 0.1) is 18.3 Å². The smallest absolute Gasteiger partial charge is 0.228 e. The van der Waals surface area contributed by atoms with Crippen molar-refractivity contribution in [2.45, 2.75) is 32.8 Å². The quantitative estimate of drug-likeness (QED) is 0.804. The lowest BCUT2D eigenvalue weighted by Crippen LogP contribution is -2.31. The molecule has 0 radical (unpaired) electrons. The highest BCUT2D eigenvalue weighted by Crippen LogP contribution is 2.58. The third kappa shape index (κ3) is 4.45. The van der Waals surface area contributed by atoms with Gasteiger partial charge in [0.25, 0.3) is 0 Å². The van der Waals surface area contributed by atoms with E-state index in [-0.39, 0.29) is 29.6 Å². The molecule has 1 saturated heterocycles. The molecule has 1 unspecified atom stereocenters. The lowest BCUT2D eigenvalue weighted by atomic mass is 9.92. The normalized spacial score (nSPS) is 19.8. The first kappa shape index (κ1) is 19.7. The summed E-state index contributed by atoms with van der Waals surface area (Å²) in [7, 11) is 0. The minimum Gasteiger partial charge on any atom is -0.489 e. The zero-order valence-electron chi connectivity index (χ0n) is 15.7. The molecule has 1 heterocycles. The van der Waals surface area contributed by atoms with Crippen LogP contribution in [-0.2, 0) is 11.4 Å². The lowest BCUT2D eigenvalue weighted by molar-refractivity contribution is -0.118. The molecule has 2 aromatic rings. The number of amides is 1. The first-order chi connectivity index (χ1) is 12.7. The number of carbonyl (C=O) groups is 1. The summed E-state index contributed by atoms with van der Waals surface area (Å²) in [6, 6.07) is 15.9. The van der Waals surface area contributed by atoms with E-state index in [1.807, 2.05) is 36.4 Å². The first-order valence-corrected chi connectivity index (χ1v) is 9.45. The van der Waals surface area contributed by atoms with Crippen molar-refractivity contribution in [1.82, 2.24) is 5.32 Å². The number of carbonyl (C=O) groups excluding carboxylic acids is 1. The number of nitrogens with one attached hydrogen (secondary N) is 2. The van der Waals surface area contributed by atoms with Crippen molar-refractivity contribution in [2.75, 3.05) is 18.4 Å². The Kier molecular flexibility index (Phi) is 6.08. The maximum absolute atomic E-state index is 12.6. The minimum atomic E-state index is 0. The van der Waals surface area contributed by atoms with E-state index in [4.69, 9.17) is 4.74 Å². The monoisotopic (exact) mass is 386 g/mol. The van der Waals surface area contributed by atoms with Crippen molar-refractivity contribution in [3.8, 4) is 5.75 Å². The molecule has 5 heteroatoms. The van der Waals surface area contributed by atoms with Gasteiger partial charge in [-0.25, -0.2) is 0 Å². The predicted octanol–water partition coefficient (Wildman–Crippen LogP) is 4.32. The molecule has 1 saturated carbocycles. The number of ether oxygens (including phenoxy) is 1. The molecular weight excluding hydrogens is 360 g/mol. The summed E-state index contributed by atoms with van der Waals surface area (Å²) in [5, 5.41) is 6.47. The van der Waals surface area contributed by atoms with Crippen molar-refractivity contribution in [3.05, 3.63) is 59.7 Å². The molecule has 1 aliphatic heterocycles. The van der Waals surface area contributed by atoms with Gasteiger partial charge in [0.1, 0.15) is 12.4 Å². The Morgan fingerprint density at radius 3 is 2.74 bits per heavy atom. The lowest BCUT2D eigenvalue weighted by Gasteiger charge is -2.23. The van der Waals surface area contributed by atoms with Crippen LogP contribution in [-0.4, -0.2) is 19.0 Å². The Bertz CT molecular complexity index is 802. The van der Waals surface area contributed by atoms with Gasteiger partial charge in [-0.1, -0.05) is 30.3 Å². The summed E-state index contributed by atoms with van der Waals surface area (Å²) < 4.78 is 5.92. The largest absolute Gasteiger partial charge is 0.489 e. The summed E-state index contributed by atoms with van der Waals surface area (Å²) in [5.41, 5.74) is 3.47. The molecule has 1 spiro atoms. The van der Waals surface area contributed by atoms with Gasteiger partial charge in [0.2, 0.25) is 5.91 Å². The van der Waals surface area contributed by atoms with Gasteiger partial charge in [0, 0.05) is 17.7 Å². The number of anilines is 1. The zero-order chi connectivity index (χ0) is 18.0. The van der Waals surface area contributed by atoms with Crippen LogP contribution in [0.1, 0.15) is 30.4 Å². The van der Waals surface area contributed by atoms with Gasteiger partial charge in [-0.05, 0) is 68.0 Å². The first-order valence-electron chi connectivity index (χ1n) is 9.45. The van der Waals surface area contributed by atoms with Crippen LogP contribution in [0.3, 0.4) is 0 Å². The molecule has 1 amide bonds. The van der Waals surface area contributed by atoms with Crippen molar-refractivity contribution in [1.29, 1.82) is 0 Å². The van der Waals surface area contributed by atoms with E-state index in [2.05, 4.69) is 29.7 Å². The van der Waals surface area contributed by atoms with Gasteiger partial charge >= 0.3 is 0 Å².